The molecule has 0 radical (unpaired) electrons. The molecule has 4 nitrogen and oxygen atoms in total. The second kappa shape index (κ2) is 5.66. The number of piperidine rings is 1. The lowest BCUT2D eigenvalue weighted by Gasteiger charge is -2.41. The first-order chi connectivity index (χ1) is 6.70. The summed E-state index contributed by atoms with van der Waals surface area (Å²) in [6.07, 6.45) is 0.828. The Labute approximate surface area is 85.2 Å². The Kier molecular flexibility index (Phi) is 4.81. The van der Waals surface area contributed by atoms with E-state index < -0.39 is 12.2 Å². The van der Waals surface area contributed by atoms with Crippen molar-refractivity contribution in [3.63, 3.8) is 0 Å². The molecular formula is C10H21NO3. The number of hydrogen-bond donors (Lipinski definition) is 3. The van der Waals surface area contributed by atoms with Gasteiger partial charge in [0, 0.05) is 19.2 Å². The normalized spacial score (nSPS) is 34.7. The van der Waals surface area contributed by atoms with Crippen LogP contribution in [-0.4, -0.2) is 58.2 Å². The largest absolute Gasteiger partial charge is 0.396 e. The van der Waals surface area contributed by atoms with E-state index in [9.17, 15) is 10.2 Å². The first-order valence-corrected chi connectivity index (χ1v) is 5.41. The summed E-state index contributed by atoms with van der Waals surface area (Å²) >= 11 is 0. The highest BCUT2D eigenvalue weighted by atomic mass is 16.3. The molecule has 1 rings (SSSR count). The molecule has 1 unspecified atom stereocenters. The van der Waals surface area contributed by atoms with Crippen LogP contribution >= 0.6 is 0 Å². The van der Waals surface area contributed by atoms with Crippen molar-refractivity contribution < 1.29 is 15.3 Å². The molecule has 14 heavy (non-hydrogen) atoms. The van der Waals surface area contributed by atoms with Crippen LogP contribution in [0, 0.1) is 0 Å². The van der Waals surface area contributed by atoms with Gasteiger partial charge in [0.1, 0.15) is 0 Å². The smallest absolute Gasteiger partial charge is 0.0954 e. The average molecular weight is 203 g/mol. The van der Waals surface area contributed by atoms with E-state index in [1.165, 1.54) is 0 Å². The van der Waals surface area contributed by atoms with Crippen molar-refractivity contribution in [3.8, 4) is 0 Å². The van der Waals surface area contributed by atoms with Crippen molar-refractivity contribution in [1.82, 2.24) is 4.90 Å². The first-order valence-electron chi connectivity index (χ1n) is 5.41. The molecule has 0 aromatic heterocycles. The Bertz CT molecular complexity index is 163. The van der Waals surface area contributed by atoms with Gasteiger partial charge < -0.3 is 15.3 Å². The Morgan fingerprint density at radius 2 is 2.07 bits per heavy atom. The Morgan fingerprint density at radius 3 is 2.64 bits per heavy atom. The van der Waals surface area contributed by atoms with Crippen LogP contribution in [0.5, 0.6) is 0 Å². The van der Waals surface area contributed by atoms with E-state index >= 15 is 0 Å². The molecule has 0 aromatic carbocycles. The van der Waals surface area contributed by atoms with Crippen molar-refractivity contribution in [2.24, 2.45) is 0 Å². The maximum atomic E-state index is 9.79. The van der Waals surface area contributed by atoms with E-state index in [4.69, 9.17) is 5.11 Å². The predicted molar refractivity (Wildman–Crippen MR) is 54.0 cm³/mol. The molecular weight excluding hydrogens is 182 g/mol. The lowest BCUT2D eigenvalue weighted by atomic mass is 9.93. The molecule has 4 heteroatoms. The van der Waals surface area contributed by atoms with Crippen LogP contribution in [0.25, 0.3) is 0 Å². The Morgan fingerprint density at radius 1 is 1.36 bits per heavy atom. The minimum atomic E-state index is -0.657. The molecule has 1 aliphatic heterocycles. The van der Waals surface area contributed by atoms with Gasteiger partial charge in [0.25, 0.3) is 0 Å². The van der Waals surface area contributed by atoms with Crippen LogP contribution < -0.4 is 0 Å². The fraction of sp³-hybridized carbons (Fsp3) is 1.00. The summed E-state index contributed by atoms with van der Waals surface area (Å²) in [7, 11) is 0. The van der Waals surface area contributed by atoms with Crippen LogP contribution in [0.1, 0.15) is 26.2 Å². The SMILES string of the molecule is CCN1CCC(O)[C@H](O)[C@H]1CCCO. The van der Waals surface area contributed by atoms with Crippen LogP contribution in [0.3, 0.4) is 0 Å². The molecule has 3 N–H and O–H groups in total. The van der Waals surface area contributed by atoms with Crippen molar-refractivity contribution in [2.45, 2.75) is 44.4 Å². The lowest BCUT2D eigenvalue weighted by Crippen LogP contribution is -2.54. The molecule has 0 saturated carbocycles. The third-order valence-electron chi connectivity index (χ3n) is 3.03. The number of rotatable bonds is 4. The maximum Gasteiger partial charge on any atom is 0.0954 e. The van der Waals surface area contributed by atoms with Gasteiger partial charge in [-0.2, -0.15) is 0 Å². The molecule has 3 atom stereocenters. The maximum absolute atomic E-state index is 9.79. The number of nitrogens with zero attached hydrogens (tertiary/aromatic N) is 1. The minimum absolute atomic E-state index is 0.0101. The van der Waals surface area contributed by atoms with E-state index in [1.54, 1.807) is 0 Å². The van der Waals surface area contributed by atoms with Gasteiger partial charge in [-0.25, -0.2) is 0 Å². The first kappa shape index (κ1) is 11.9. The second-order valence-corrected chi connectivity index (χ2v) is 3.91. The van der Waals surface area contributed by atoms with Gasteiger partial charge in [-0.15, -0.1) is 0 Å². The van der Waals surface area contributed by atoms with Crippen molar-refractivity contribution in [3.05, 3.63) is 0 Å². The van der Waals surface area contributed by atoms with Gasteiger partial charge in [0.05, 0.1) is 12.2 Å². The molecule has 0 aromatic rings. The van der Waals surface area contributed by atoms with E-state index in [1.807, 2.05) is 0 Å². The lowest BCUT2D eigenvalue weighted by molar-refractivity contribution is -0.0778. The summed E-state index contributed by atoms with van der Waals surface area (Å²) in [6.45, 7) is 3.93. The fourth-order valence-electron chi connectivity index (χ4n) is 2.15. The standard InChI is InChI=1S/C10H21NO3/c1-2-11-6-5-9(13)10(14)8(11)4-3-7-12/h8-10,12-14H,2-7H2,1H3/t8-,9?,10-/m1/s1. The third-order valence-corrected chi connectivity index (χ3v) is 3.03. The van der Waals surface area contributed by atoms with Gasteiger partial charge in [-0.1, -0.05) is 6.92 Å². The fourth-order valence-corrected chi connectivity index (χ4v) is 2.15. The summed E-state index contributed by atoms with van der Waals surface area (Å²) in [5.74, 6) is 0. The number of hydrogen-bond acceptors (Lipinski definition) is 4. The van der Waals surface area contributed by atoms with Crippen molar-refractivity contribution in [1.29, 1.82) is 0 Å². The zero-order valence-electron chi connectivity index (χ0n) is 8.76. The molecule has 0 bridgehead atoms. The van der Waals surface area contributed by atoms with Gasteiger partial charge in [0.2, 0.25) is 0 Å². The number of aliphatic hydroxyl groups excluding tert-OH is 3. The summed E-state index contributed by atoms with van der Waals surface area (Å²) in [4.78, 5) is 2.17. The zero-order chi connectivity index (χ0) is 10.6. The van der Waals surface area contributed by atoms with E-state index in [2.05, 4.69) is 11.8 Å². The number of aliphatic hydroxyl groups is 3. The molecule has 1 heterocycles. The van der Waals surface area contributed by atoms with Crippen LogP contribution in [-0.2, 0) is 0 Å². The average Bonchev–Trinajstić information content (AvgIpc) is 2.20. The quantitative estimate of drug-likeness (QED) is 0.580. The molecule has 1 fully saturated rings. The van der Waals surface area contributed by atoms with E-state index in [-0.39, 0.29) is 12.6 Å². The molecule has 0 spiro atoms. The second-order valence-electron chi connectivity index (χ2n) is 3.91. The topological polar surface area (TPSA) is 63.9 Å². The van der Waals surface area contributed by atoms with Gasteiger partial charge in [-0.05, 0) is 25.8 Å². The van der Waals surface area contributed by atoms with Gasteiger partial charge in [-0.3, -0.25) is 4.90 Å². The molecule has 0 aliphatic carbocycles. The van der Waals surface area contributed by atoms with Gasteiger partial charge in [0.15, 0.2) is 0 Å². The summed E-state index contributed by atoms with van der Waals surface area (Å²) in [5.41, 5.74) is 0. The van der Waals surface area contributed by atoms with Crippen LogP contribution in [0.4, 0.5) is 0 Å². The van der Waals surface area contributed by atoms with Crippen molar-refractivity contribution in [2.75, 3.05) is 19.7 Å². The number of likely N-dealkylation sites (N-methyl/N-ethyl adjacent to an activating group) is 1. The molecule has 1 saturated heterocycles. The summed E-state index contributed by atoms with van der Waals surface area (Å²) in [6, 6.07) is 0.0101. The minimum Gasteiger partial charge on any atom is -0.396 e. The molecule has 0 amide bonds. The van der Waals surface area contributed by atoms with Crippen molar-refractivity contribution >= 4 is 0 Å². The monoisotopic (exact) mass is 203 g/mol. The Hall–Kier alpha value is -0.160. The predicted octanol–water partition coefficient (Wildman–Crippen LogP) is -0.425. The zero-order valence-corrected chi connectivity index (χ0v) is 8.76. The van der Waals surface area contributed by atoms with Crippen LogP contribution in [0.2, 0.25) is 0 Å². The summed E-state index contributed by atoms with van der Waals surface area (Å²) < 4.78 is 0. The number of likely N-dealkylation sites (tertiary alicyclic amines) is 1. The highest BCUT2D eigenvalue weighted by Crippen LogP contribution is 2.21. The Balaban J connectivity index is 2.52. The third kappa shape index (κ3) is 2.67. The summed E-state index contributed by atoms with van der Waals surface area (Å²) in [5, 5.41) is 28.1. The van der Waals surface area contributed by atoms with E-state index in [0.717, 1.165) is 19.5 Å². The van der Waals surface area contributed by atoms with Crippen LogP contribution in [0.15, 0.2) is 0 Å². The van der Waals surface area contributed by atoms with E-state index in [0.29, 0.717) is 12.8 Å². The highest BCUT2D eigenvalue weighted by molar-refractivity contribution is 4.88. The van der Waals surface area contributed by atoms with Gasteiger partial charge >= 0.3 is 0 Å². The molecule has 84 valence electrons. The molecule has 1 aliphatic rings. The highest BCUT2D eigenvalue weighted by Gasteiger charge is 2.34.